The number of hydrogen-bond acceptors (Lipinski definition) is 10. The summed E-state index contributed by atoms with van der Waals surface area (Å²) in [5.41, 5.74) is -3.57. The molecule has 0 aliphatic carbocycles. The van der Waals surface area contributed by atoms with Gasteiger partial charge in [-0.1, -0.05) is 0 Å². The Kier molecular flexibility index (Phi) is 9.87. The van der Waals surface area contributed by atoms with Gasteiger partial charge in [-0.25, -0.2) is 4.79 Å². The van der Waals surface area contributed by atoms with Crippen molar-refractivity contribution in [3.63, 3.8) is 0 Å². The predicted molar refractivity (Wildman–Crippen MR) is 165 cm³/mol. The van der Waals surface area contributed by atoms with E-state index in [-0.39, 0.29) is 70.8 Å². The molecule has 43 heavy (non-hydrogen) atoms. The highest BCUT2D eigenvalue weighted by Gasteiger charge is 2.49. The summed E-state index contributed by atoms with van der Waals surface area (Å²) >= 11 is 0. The highest BCUT2D eigenvalue weighted by Crippen LogP contribution is 2.38. The molecule has 3 rings (SSSR count). The smallest absolute Gasteiger partial charge is 0.339 e. The second kappa shape index (κ2) is 11.9. The van der Waals surface area contributed by atoms with Gasteiger partial charge in [0.25, 0.3) is 0 Å². The fourth-order valence-electron chi connectivity index (χ4n) is 7.98. The summed E-state index contributed by atoms with van der Waals surface area (Å²) in [5.74, 6) is -2.47. The van der Waals surface area contributed by atoms with Crippen molar-refractivity contribution in [2.45, 2.75) is 154 Å². The molecule has 3 aliphatic rings. The topological polar surface area (TPSA) is 135 Å². The molecule has 3 atom stereocenters. The third kappa shape index (κ3) is 9.14. The number of carbonyl (C=O) groups excluding carboxylic acids is 3. The number of aliphatic hydroxyl groups is 1. The lowest BCUT2D eigenvalue weighted by molar-refractivity contribution is -0.179. The summed E-state index contributed by atoms with van der Waals surface area (Å²) in [6.45, 7) is 25.2. The molecule has 0 saturated carbocycles. The van der Waals surface area contributed by atoms with E-state index in [0.717, 1.165) is 19.3 Å². The maximum absolute atomic E-state index is 13.4. The minimum Gasteiger partial charge on any atom is -0.465 e. The van der Waals surface area contributed by atoms with E-state index in [1.807, 2.05) is 13.8 Å². The zero-order valence-corrected chi connectivity index (χ0v) is 28.8. The molecule has 3 aliphatic heterocycles. The second-order valence-electron chi connectivity index (χ2n) is 17.2. The summed E-state index contributed by atoms with van der Waals surface area (Å²) < 4.78 is 16.8. The predicted octanol–water partition coefficient (Wildman–Crippen LogP) is 3.63. The van der Waals surface area contributed by atoms with Gasteiger partial charge in [0.15, 0.2) is 5.60 Å². The van der Waals surface area contributed by atoms with Crippen LogP contribution in [0.15, 0.2) is 0 Å². The van der Waals surface area contributed by atoms with Gasteiger partial charge in [-0.15, -0.1) is 0 Å². The average Bonchev–Trinajstić information content (AvgIpc) is 3.25. The number of rotatable bonds is 11. The molecule has 0 aromatic heterocycles. The SMILES string of the molecule is CC1(C)CC(COC(=O)CC(O)(CC(=O)OCC2CC(C)(C)NC2(C)C)C(=O)OCC2CC(C)(C)NC2(C)C)C(C)(C)N1. The van der Waals surface area contributed by atoms with Crippen molar-refractivity contribution >= 4 is 17.9 Å². The van der Waals surface area contributed by atoms with E-state index in [4.69, 9.17) is 14.2 Å². The van der Waals surface area contributed by atoms with Gasteiger partial charge < -0.3 is 35.3 Å². The number of hydrogen-bond donors (Lipinski definition) is 4. The van der Waals surface area contributed by atoms with Crippen LogP contribution in [0.4, 0.5) is 0 Å². The van der Waals surface area contributed by atoms with Gasteiger partial charge in [0.1, 0.15) is 0 Å². The number of nitrogens with one attached hydrogen (secondary N) is 3. The Bertz CT molecular complexity index is 1010. The van der Waals surface area contributed by atoms with Crippen LogP contribution in [0.1, 0.15) is 115 Å². The van der Waals surface area contributed by atoms with Gasteiger partial charge in [0.2, 0.25) is 0 Å². The van der Waals surface area contributed by atoms with E-state index in [1.54, 1.807) is 0 Å². The maximum Gasteiger partial charge on any atom is 0.339 e. The Morgan fingerprint density at radius 1 is 0.581 bits per heavy atom. The highest BCUT2D eigenvalue weighted by molar-refractivity contribution is 5.90. The van der Waals surface area contributed by atoms with Gasteiger partial charge in [-0.3, -0.25) is 9.59 Å². The van der Waals surface area contributed by atoms with Crippen molar-refractivity contribution in [2.75, 3.05) is 19.8 Å². The van der Waals surface area contributed by atoms with Crippen LogP contribution < -0.4 is 16.0 Å². The molecule has 0 spiro atoms. The van der Waals surface area contributed by atoms with E-state index >= 15 is 0 Å². The Balaban J connectivity index is 1.68. The van der Waals surface area contributed by atoms with Gasteiger partial charge in [-0.2, -0.15) is 0 Å². The summed E-state index contributed by atoms with van der Waals surface area (Å²) in [6, 6.07) is 0. The minimum atomic E-state index is -2.41. The molecule has 3 heterocycles. The van der Waals surface area contributed by atoms with Crippen molar-refractivity contribution in [1.82, 2.24) is 16.0 Å². The Labute approximate surface area is 259 Å². The van der Waals surface area contributed by atoms with Crippen LogP contribution in [0.5, 0.6) is 0 Å². The van der Waals surface area contributed by atoms with Gasteiger partial charge >= 0.3 is 17.9 Å². The van der Waals surface area contributed by atoms with Gasteiger partial charge in [0.05, 0.1) is 32.7 Å². The van der Waals surface area contributed by atoms with Crippen LogP contribution in [-0.2, 0) is 28.6 Å². The lowest BCUT2D eigenvalue weighted by Crippen LogP contribution is -2.48. The van der Waals surface area contributed by atoms with Crippen molar-refractivity contribution in [2.24, 2.45) is 17.8 Å². The van der Waals surface area contributed by atoms with Crippen LogP contribution in [0, 0.1) is 17.8 Å². The van der Waals surface area contributed by atoms with Crippen LogP contribution in [0.3, 0.4) is 0 Å². The van der Waals surface area contributed by atoms with Crippen molar-refractivity contribution in [3.05, 3.63) is 0 Å². The largest absolute Gasteiger partial charge is 0.465 e. The zero-order chi connectivity index (χ0) is 32.9. The molecule has 10 nitrogen and oxygen atoms in total. The van der Waals surface area contributed by atoms with Crippen molar-refractivity contribution in [1.29, 1.82) is 0 Å². The highest BCUT2D eigenvalue weighted by atomic mass is 16.6. The molecule has 0 aromatic carbocycles. The third-order valence-electron chi connectivity index (χ3n) is 9.87. The van der Waals surface area contributed by atoms with E-state index in [2.05, 4.69) is 85.2 Å². The van der Waals surface area contributed by atoms with Crippen LogP contribution in [0.2, 0.25) is 0 Å². The Hall–Kier alpha value is -1.75. The Morgan fingerprint density at radius 3 is 1.12 bits per heavy atom. The molecule has 0 radical (unpaired) electrons. The minimum absolute atomic E-state index is 0.0180. The quantitative estimate of drug-likeness (QED) is 0.203. The lowest BCUT2D eigenvalue weighted by Gasteiger charge is -2.30. The summed E-state index contributed by atoms with van der Waals surface area (Å²) in [6.07, 6.45) is 0.963. The van der Waals surface area contributed by atoms with E-state index in [0.29, 0.717) is 0 Å². The summed E-state index contributed by atoms with van der Waals surface area (Å²) in [4.78, 5) is 39.6. The molecular formula is C33H59N3O7. The first-order valence-electron chi connectivity index (χ1n) is 15.9. The van der Waals surface area contributed by atoms with Crippen LogP contribution in [0.25, 0.3) is 0 Å². The fourth-order valence-corrected chi connectivity index (χ4v) is 7.98. The van der Waals surface area contributed by atoms with Crippen molar-refractivity contribution in [3.8, 4) is 0 Å². The molecule has 248 valence electrons. The molecule has 4 N–H and O–H groups in total. The number of esters is 3. The number of carbonyl (C=O) groups is 3. The third-order valence-corrected chi connectivity index (χ3v) is 9.87. The molecule has 0 aromatic rings. The monoisotopic (exact) mass is 609 g/mol. The molecule has 3 unspecified atom stereocenters. The standard InChI is InChI=1S/C33H59N3O7/c1-27(2)13-21(30(7,8)34-27)18-41-24(37)16-33(40,26(39)43-20-23-15-29(5,6)36-32(23,11)12)17-25(38)42-19-22-14-28(3,4)35-31(22,9)10/h21-23,34-36,40H,13-20H2,1-12H3. The molecule has 10 heteroatoms. The summed E-state index contributed by atoms with van der Waals surface area (Å²) in [7, 11) is 0. The first kappa shape index (κ1) is 35.7. The van der Waals surface area contributed by atoms with Gasteiger partial charge in [-0.05, 0) is 102 Å². The molecule has 3 saturated heterocycles. The van der Waals surface area contributed by atoms with E-state index in [9.17, 15) is 19.5 Å². The first-order chi connectivity index (χ1) is 19.3. The summed E-state index contributed by atoms with van der Waals surface area (Å²) in [5, 5.41) is 22.2. The lowest BCUT2D eigenvalue weighted by atomic mass is 9.87. The zero-order valence-electron chi connectivity index (χ0n) is 28.8. The molecule has 0 amide bonds. The van der Waals surface area contributed by atoms with Gasteiger partial charge in [0, 0.05) is 51.0 Å². The first-order valence-corrected chi connectivity index (χ1v) is 15.9. The van der Waals surface area contributed by atoms with Crippen LogP contribution in [-0.4, -0.2) is 81.7 Å². The van der Waals surface area contributed by atoms with Crippen LogP contribution >= 0.6 is 0 Å². The second-order valence-corrected chi connectivity index (χ2v) is 17.2. The Morgan fingerprint density at radius 2 is 0.860 bits per heavy atom. The van der Waals surface area contributed by atoms with E-state index in [1.165, 1.54) is 0 Å². The maximum atomic E-state index is 13.4. The number of ether oxygens (including phenoxy) is 3. The molecule has 0 bridgehead atoms. The van der Waals surface area contributed by atoms with E-state index < -0.39 is 36.4 Å². The average molecular weight is 610 g/mol. The molecule has 3 fully saturated rings. The van der Waals surface area contributed by atoms with Crippen molar-refractivity contribution < 1.29 is 33.7 Å². The molecular weight excluding hydrogens is 550 g/mol. The fraction of sp³-hybridized carbons (Fsp3) is 0.909. The normalized spacial score (nSPS) is 30.8.